The van der Waals surface area contributed by atoms with E-state index in [2.05, 4.69) is 0 Å². The molecular formula is C6H8ClF. The van der Waals surface area contributed by atoms with Crippen LogP contribution in [0.4, 0.5) is 4.39 Å². The Balaban J connectivity index is 2.13. The predicted octanol–water partition coefficient (Wildman–Crippen LogP) is 2.32. The molecule has 0 aromatic rings. The minimum atomic E-state index is -1.27. The molecule has 0 N–H and O–H groups in total. The van der Waals surface area contributed by atoms with Crippen molar-refractivity contribution in [3.8, 4) is 0 Å². The summed E-state index contributed by atoms with van der Waals surface area (Å²) in [4.78, 5) is 0. The number of rotatable bonds is 0. The Kier molecular flexibility index (Phi) is 0.760. The molecular weight excluding hydrogens is 127 g/mol. The monoisotopic (exact) mass is 134 g/mol. The number of hydrogen-bond acceptors (Lipinski definition) is 0. The Hall–Kier alpha value is 0.220. The van der Waals surface area contributed by atoms with Gasteiger partial charge in [0.15, 0.2) is 5.13 Å². The van der Waals surface area contributed by atoms with E-state index < -0.39 is 5.13 Å². The maximum atomic E-state index is 12.7. The van der Waals surface area contributed by atoms with Gasteiger partial charge >= 0.3 is 0 Å². The van der Waals surface area contributed by atoms with E-state index in [0.717, 1.165) is 12.8 Å². The summed E-state index contributed by atoms with van der Waals surface area (Å²) < 4.78 is 12.7. The summed E-state index contributed by atoms with van der Waals surface area (Å²) in [5.74, 6) is 0.452. The maximum Gasteiger partial charge on any atom is 0.190 e. The molecule has 2 rings (SSSR count). The van der Waals surface area contributed by atoms with Crippen molar-refractivity contribution in [2.45, 2.75) is 24.4 Å². The second-order valence-corrected chi connectivity index (χ2v) is 3.40. The van der Waals surface area contributed by atoms with Crippen LogP contribution in [0.2, 0.25) is 0 Å². The molecule has 0 heterocycles. The molecule has 0 aromatic heterocycles. The largest absolute Gasteiger partial charge is 0.226 e. The molecule has 0 aromatic carbocycles. The third kappa shape index (κ3) is 0.415. The van der Waals surface area contributed by atoms with E-state index in [9.17, 15) is 4.39 Å². The van der Waals surface area contributed by atoms with Crippen LogP contribution in [0.3, 0.4) is 0 Å². The van der Waals surface area contributed by atoms with Gasteiger partial charge in [-0.1, -0.05) is 18.0 Å². The zero-order chi connectivity index (χ0) is 5.78. The molecule has 0 amide bonds. The van der Waals surface area contributed by atoms with Crippen LogP contribution in [0, 0.1) is 11.8 Å². The second-order valence-electron chi connectivity index (χ2n) is 2.82. The molecule has 0 bridgehead atoms. The number of hydrogen-bond donors (Lipinski definition) is 0. The molecule has 46 valence electrons. The highest BCUT2D eigenvalue weighted by molar-refractivity contribution is 6.25. The van der Waals surface area contributed by atoms with Crippen molar-refractivity contribution in [1.82, 2.24) is 0 Å². The molecule has 2 aliphatic carbocycles. The van der Waals surface area contributed by atoms with Crippen LogP contribution in [0.5, 0.6) is 0 Å². The second kappa shape index (κ2) is 1.21. The highest BCUT2D eigenvalue weighted by atomic mass is 35.5. The van der Waals surface area contributed by atoms with E-state index in [-0.39, 0.29) is 11.8 Å². The molecule has 2 saturated carbocycles. The zero-order valence-corrected chi connectivity index (χ0v) is 5.29. The molecule has 0 saturated heterocycles. The van der Waals surface area contributed by atoms with Crippen molar-refractivity contribution >= 4 is 11.6 Å². The Morgan fingerprint density at radius 1 is 1.38 bits per heavy atom. The third-order valence-electron chi connectivity index (χ3n) is 2.40. The summed E-state index contributed by atoms with van der Waals surface area (Å²) in [6.07, 6.45) is 3.23. The number of fused-ring (bicyclic) bond motifs is 1. The third-order valence-corrected chi connectivity index (χ3v) is 2.96. The van der Waals surface area contributed by atoms with Gasteiger partial charge in [0.05, 0.1) is 0 Å². The van der Waals surface area contributed by atoms with Gasteiger partial charge in [-0.25, -0.2) is 4.39 Å². The zero-order valence-electron chi connectivity index (χ0n) is 4.53. The lowest BCUT2D eigenvalue weighted by Gasteiger charge is -1.98. The topological polar surface area (TPSA) is 0 Å². The van der Waals surface area contributed by atoms with Gasteiger partial charge in [-0.2, -0.15) is 0 Å². The van der Waals surface area contributed by atoms with Crippen molar-refractivity contribution in [3.63, 3.8) is 0 Å². The highest BCUT2D eigenvalue weighted by Crippen LogP contribution is 2.65. The van der Waals surface area contributed by atoms with Crippen molar-refractivity contribution < 1.29 is 4.39 Å². The van der Waals surface area contributed by atoms with Crippen molar-refractivity contribution in [3.05, 3.63) is 0 Å². The first kappa shape index (κ1) is 5.04. The lowest BCUT2D eigenvalue weighted by atomic mass is 10.2. The maximum absolute atomic E-state index is 12.7. The van der Waals surface area contributed by atoms with Crippen LogP contribution in [-0.4, -0.2) is 5.13 Å². The Morgan fingerprint density at radius 2 is 1.88 bits per heavy atom. The van der Waals surface area contributed by atoms with Crippen LogP contribution in [0.15, 0.2) is 0 Å². The minimum absolute atomic E-state index is 0.226. The summed E-state index contributed by atoms with van der Waals surface area (Å²) in [6.45, 7) is 0. The van der Waals surface area contributed by atoms with Gasteiger partial charge in [0.25, 0.3) is 0 Å². The van der Waals surface area contributed by atoms with E-state index in [1.807, 2.05) is 0 Å². The average molecular weight is 135 g/mol. The molecule has 0 radical (unpaired) electrons. The molecule has 2 unspecified atom stereocenters. The van der Waals surface area contributed by atoms with Crippen LogP contribution in [-0.2, 0) is 0 Å². The van der Waals surface area contributed by atoms with Crippen molar-refractivity contribution in [1.29, 1.82) is 0 Å². The first-order valence-electron chi connectivity index (χ1n) is 3.11. The number of halogens is 2. The summed E-state index contributed by atoms with van der Waals surface area (Å²) in [7, 11) is 0. The molecule has 0 spiro atoms. The number of alkyl halides is 2. The Morgan fingerprint density at radius 3 is 2.12 bits per heavy atom. The fourth-order valence-corrected chi connectivity index (χ4v) is 2.26. The van der Waals surface area contributed by atoms with Gasteiger partial charge < -0.3 is 0 Å². The van der Waals surface area contributed by atoms with Gasteiger partial charge in [0, 0.05) is 11.8 Å². The van der Waals surface area contributed by atoms with Gasteiger partial charge in [0.2, 0.25) is 0 Å². The van der Waals surface area contributed by atoms with Gasteiger partial charge in [-0.05, 0) is 12.8 Å². The van der Waals surface area contributed by atoms with Gasteiger partial charge in [-0.15, -0.1) is 0 Å². The predicted molar refractivity (Wildman–Crippen MR) is 30.5 cm³/mol. The molecule has 0 aliphatic heterocycles. The van der Waals surface area contributed by atoms with E-state index in [1.165, 1.54) is 6.42 Å². The minimum Gasteiger partial charge on any atom is -0.226 e. The van der Waals surface area contributed by atoms with Gasteiger partial charge in [0.1, 0.15) is 0 Å². The van der Waals surface area contributed by atoms with Gasteiger partial charge in [-0.3, -0.25) is 0 Å². The van der Waals surface area contributed by atoms with Crippen LogP contribution < -0.4 is 0 Å². The summed E-state index contributed by atoms with van der Waals surface area (Å²) >= 11 is 5.44. The fraction of sp³-hybridized carbons (Fsp3) is 1.00. The van der Waals surface area contributed by atoms with Crippen molar-refractivity contribution in [2.24, 2.45) is 11.8 Å². The summed E-state index contributed by atoms with van der Waals surface area (Å²) in [5.41, 5.74) is 0. The van der Waals surface area contributed by atoms with E-state index >= 15 is 0 Å². The van der Waals surface area contributed by atoms with E-state index in [1.54, 1.807) is 0 Å². The normalized spacial score (nSPS) is 60.8. The molecule has 2 heteroatoms. The first-order valence-corrected chi connectivity index (χ1v) is 3.48. The standard InChI is InChI=1S/C6H8ClF/c7-6(8)4-2-1-3-5(4)6/h4-5H,1-3H2. The summed E-state index contributed by atoms with van der Waals surface area (Å²) in [6, 6.07) is 0. The molecule has 2 fully saturated rings. The smallest absolute Gasteiger partial charge is 0.190 e. The quantitative estimate of drug-likeness (QED) is 0.446. The lowest BCUT2D eigenvalue weighted by molar-refractivity contribution is 0.350. The lowest BCUT2D eigenvalue weighted by Crippen LogP contribution is -1.96. The molecule has 8 heavy (non-hydrogen) atoms. The SMILES string of the molecule is FC1(Cl)C2CCCC21. The van der Waals surface area contributed by atoms with Crippen LogP contribution in [0.25, 0.3) is 0 Å². The van der Waals surface area contributed by atoms with E-state index in [4.69, 9.17) is 11.6 Å². The van der Waals surface area contributed by atoms with Crippen LogP contribution >= 0.6 is 11.6 Å². The Labute approximate surface area is 53.0 Å². The van der Waals surface area contributed by atoms with Crippen LogP contribution in [0.1, 0.15) is 19.3 Å². The molecule has 2 aliphatic rings. The molecule has 0 nitrogen and oxygen atoms in total. The average Bonchev–Trinajstić information content (AvgIpc) is 2.22. The fourth-order valence-electron chi connectivity index (χ4n) is 1.81. The first-order chi connectivity index (χ1) is 3.73. The van der Waals surface area contributed by atoms with E-state index in [0.29, 0.717) is 0 Å². The Bertz CT molecular complexity index is 110. The summed E-state index contributed by atoms with van der Waals surface area (Å²) in [5, 5.41) is -1.27. The molecule has 2 atom stereocenters. The highest BCUT2D eigenvalue weighted by Gasteiger charge is 2.66. The van der Waals surface area contributed by atoms with Crippen molar-refractivity contribution in [2.75, 3.05) is 0 Å².